The lowest BCUT2D eigenvalue weighted by molar-refractivity contribution is 0.257. The summed E-state index contributed by atoms with van der Waals surface area (Å²) in [5, 5.41) is 7.47. The normalized spacial score (nSPS) is 10.9. The molecule has 114 valence electrons. The summed E-state index contributed by atoms with van der Waals surface area (Å²) >= 11 is 1.38. The molecule has 1 aromatic heterocycles. The Morgan fingerprint density at radius 3 is 2.86 bits per heavy atom. The third kappa shape index (κ3) is 3.81. The number of rotatable bonds is 5. The topological polar surface area (TPSA) is 70.4 Å². The number of urea groups is 1. The summed E-state index contributed by atoms with van der Waals surface area (Å²) in [5.41, 5.74) is 1.59. The van der Waals surface area contributed by atoms with Crippen molar-refractivity contribution in [1.82, 2.24) is 9.88 Å². The molecule has 0 bridgehead atoms. The fourth-order valence-electron chi connectivity index (χ4n) is 1.84. The molecule has 2 aromatic rings. The summed E-state index contributed by atoms with van der Waals surface area (Å²) in [5.74, 6) is 1.80. The van der Waals surface area contributed by atoms with Gasteiger partial charge in [0.05, 0.1) is 11.1 Å². The molecule has 0 aliphatic carbocycles. The maximum absolute atomic E-state index is 11.9. The van der Waals surface area contributed by atoms with Crippen LogP contribution in [-0.4, -0.2) is 31.0 Å². The SMILES string of the molecule is CC(C)CSNC(=O)Nc1noc2cccc(N(C)C)c12. The van der Waals surface area contributed by atoms with Crippen LogP contribution in [0.4, 0.5) is 16.3 Å². The summed E-state index contributed by atoms with van der Waals surface area (Å²) < 4.78 is 7.99. The van der Waals surface area contributed by atoms with Gasteiger partial charge in [-0.15, -0.1) is 0 Å². The van der Waals surface area contributed by atoms with Gasteiger partial charge in [0.15, 0.2) is 11.4 Å². The zero-order valence-electron chi connectivity index (χ0n) is 12.6. The number of anilines is 2. The average Bonchev–Trinajstić information content (AvgIpc) is 2.81. The number of aromatic nitrogens is 1. The van der Waals surface area contributed by atoms with E-state index >= 15 is 0 Å². The largest absolute Gasteiger partial charge is 0.377 e. The molecule has 0 unspecified atom stereocenters. The van der Waals surface area contributed by atoms with Crippen molar-refractivity contribution in [3.63, 3.8) is 0 Å². The van der Waals surface area contributed by atoms with Gasteiger partial charge in [-0.3, -0.25) is 10.0 Å². The smallest absolute Gasteiger partial charge is 0.330 e. The number of fused-ring (bicyclic) bond motifs is 1. The van der Waals surface area contributed by atoms with E-state index in [1.807, 2.05) is 37.2 Å². The van der Waals surface area contributed by atoms with Crippen molar-refractivity contribution in [1.29, 1.82) is 0 Å². The van der Waals surface area contributed by atoms with Crippen molar-refractivity contribution in [3.05, 3.63) is 18.2 Å². The van der Waals surface area contributed by atoms with E-state index in [0.717, 1.165) is 16.8 Å². The standard InChI is InChI=1S/C14H20N4O2S/c1-9(2)8-21-17-14(19)15-13-12-10(18(3)4)6-5-7-11(12)20-16-13/h5-7,9H,8H2,1-4H3,(H2,15,16,17,19). The van der Waals surface area contributed by atoms with Crippen molar-refractivity contribution in [2.45, 2.75) is 13.8 Å². The Kier molecular flexibility index (Phi) is 4.95. The summed E-state index contributed by atoms with van der Waals surface area (Å²) in [6.45, 7) is 4.20. The van der Waals surface area contributed by atoms with E-state index in [-0.39, 0.29) is 6.03 Å². The summed E-state index contributed by atoms with van der Waals surface area (Å²) in [6, 6.07) is 5.37. The molecular formula is C14H20N4O2S. The van der Waals surface area contributed by atoms with E-state index in [9.17, 15) is 4.79 Å². The van der Waals surface area contributed by atoms with Crippen LogP contribution in [0.2, 0.25) is 0 Å². The van der Waals surface area contributed by atoms with Crippen molar-refractivity contribution in [2.75, 3.05) is 30.1 Å². The highest BCUT2D eigenvalue weighted by Gasteiger charge is 2.15. The Balaban J connectivity index is 2.13. The van der Waals surface area contributed by atoms with Gasteiger partial charge in [0.1, 0.15) is 0 Å². The maximum atomic E-state index is 11.9. The maximum Gasteiger partial charge on any atom is 0.330 e. The van der Waals surface area contributed by atoms with Crippen LogP contribution in [0.25, 0.3) is 11.0 Å². The van der Waals surface area contributed by atoms with E-state index in [2.05, 4.69) is 29.0 Å². The molecule has 1 heterocycles. The van der Waals surface area contributed by atoms with Gasteiger partial charge in [0.25, 0.3) is 0 Å². The highest BCUT2D eigenvalue weighted by molar-refractivity contribution is 7.97. The molecule has 0 saturated carbocycles. The quantitative estimate of drug-likeness (QED) is 0.829. The van der Waals surface area contributed by atoms with Gasteiger partial charge < -0.3 is 9.42 Å². The molecule has 0 aliphatic rings. The molecule has 1 aromatic carbocycles. The van der Waals surface area contributed by atoms with Crippen molar-refractivity contribution in [2.24, 2.45) is 5.92 Å². The second-order valence-electron chi connectivity index (χ2n) is 5.34. The van der Waals surface area contributed by atoms with Gasteiger partial charge in [-0.2, -0.15) is 0 Å². The zero-order chi connectivity index (χ0) is 15.4. The van der Waals surface area contributed by atoms with E-state index < -0.39 is 0 Å². The van der Waals surface area contributed by atoms with Crippen LogP contribution in [0.5, 0.6) is 0 Å². The number of carbonyl (C=O) groups is 1. The molecule has 0 radical (unpaired) electrons. The lowest BCUT2D eigenvalue weighted by atomic mass is 10.2. The van der Waals surface area contributed by atoms with Gasteiger partial charge >= 0.3 is 6.03 Å². The Morgan fingerprint density at radius 1 is 1.43 bits per heavy atom. The second kappa shape index (κ2) is 6.71. The molecule has 2 N–H and O–H groups in total. The Bertz CT molecular complexity index is 624. The molecule has 0 aliphatic heterocycles. The number of hydrogen-bond acceptors (Lipinski definition) is 5. The van der Waals surface area contributed by atoms with Crippen molar-refractivity contribution in [3.8, 4) is 0 Å². The third-order valence-corrected chi connectivity index (χ3v) is 3.93. The van der Waals surface area contributed by atoms with Crippen LogP contribution in [-0.2, 0) is 0 Å². The van der Waals surface area contributed by atoms with Gasteiger partial charge in [0, 0.05) is 19.8 Å². The third-order valence-electron chi connectivity index (χ3n) is 2.77. The molecule has 2 rings (SSSR count). The minimum Gasteiger partial charge on any atom is -0.377 e. The minimum atomic E-state index is -0.301. The second-order valence-corrected chi connectivity index (χ2v) is 6.16. The average molecular weight is 308 g/mol. The molecule has 0 saturated heterocycles. The fourth-order valence-corrected chi connectivity index (χ4v) is 2.44. The van der Waals surface area contributed by atoms with E-state index in [4.69, 9.17) is 4.52 Å². The molecule has 0 spiro atoms. The number of benzene rings is 1. The van der Waals surface area contributed by atoms with Gasteiger partial charge in [0.2, 0.25) is 0 Å². The van der Waals surface area contributed by atoms with Crippen LogP contribution < -0.4 is 14.9 Å². The molecule has 21 heavy (non-hydrogen) atoms. The molecule has 6 nitrogen and oxygen atoms in total. The molecule has 0 atom stereocenters. The first-order valence-electron chi connectivity index (χ1n) is 6.73. The van der Waals surface area contributed by atoms with Gasteiger partial charge in [-0.05, 0) is 30.0 Å². The highest BCUT2D eigenvalue weighted by Crippen LogP contribution is 2.31. The molecular weight excluding hydrogens is 288 g/mol. The van der Waals surface area contributed by atoms with E-state index in [0.29, 0.717) is 17.3 Å². The molecule has 7 heteroatoms. The first-order valence-corrected chi connectivity index (χ1v) is 7.72. The van der Waals surface area contributed by atoms with Crippen molar-refractivity contribution < 1.29 is 9.32 Å². The first kappa shape index (κ1) is 15.5. The minimum absolute atomic E-state index is 0.301. The summed E-state index contributed by atoms with van der Waals surface area (Å²) in [7, 11) is 3.87. The Morgan fingerprint density at radius 2 is 2.19 bits per heavy atom. The summed E-state index contributed by atoms with van der Waals surface area (Å²) in [6.07, 6.45) is 0. The number of nitrogens with one attached hydrogen (secondary N) is 2. The number of nitrogens with zero attached hydrogens (tertiary/aromatic N) is 2. The Hall–Kier alpha value is -1.89. The fraction of sp³-hybridized carbons (Fsp3) is 0.429. The molecule has 2 amide bonds. The summed E-state index contributed by atoms with van der Waals surface area (Å²) in [4.78, 5) is 13.8. The lowest BCUT2D eigenvalue weighted by Gasteiger charge is -2.13. The predicted molar refractivity (Wildman–Crippen MR) is 87.8 cm³/mol. The van der Waals surface area contributed by atoms with Crippen LogP contribution in [0, 0.1) is 5.92 Å². The van der Waals surface area contributed by atoms with Gasteiger partial charge in [-0.1, -0.05) is 25.1 Å². The predicted octanol–water partition coefficient (Wildman–Crippen LogP) is 3.32. The van der Waals surface area contributed by atoms with Crippen LogP contribution in [0.1, 0.15) is 13.8 Å². The van der Waals surface area contributed by atoms with Crippen LogP contribution in [0.15, 0.2) is 22.7 Å². The van der Waals surface area contributed by atoms with E-state index in [1.54, 1.807) is 0 Å². The number of hydrogen-bond donors (Lipinski definition) is 2. The first-order chi connectivity index (χ1) is 9.99. The highest BCUT2D eigenvalue weighted by atomic mass is 32.2. The van der Waals surface area contributed by atoms with Crippen molar-refractivity contribution >= 4 is 40.5 Å². The van der Waals surface area contributed by atoms with Crippen LogP contribution >= 0.6 is 11.9 Å². The van der Waals surface area contributed by atoms with E-state index in [1.165, 1.54) is 11.9 Å². The number of amides is 2. The van der Waals surface area contributed by atoms with Gasteiger partial charge in [-0.25, -0.2) is 4.79 Å². The zero-order valence-corrected chi connectivity index (χ0v) is 13.5. The lowest BCUT2D eigenvalue weighted by Crippen LogP contribution is -2.24. The molecule has 0 fully saturated rings. The van der Waals surface area contributed by atoms with Crippen LogP contribution in [0.3, 0.4) is 0 Å². The number of carbonyl (C=O) groups excluding carboxylic acids is 1. The monoisotopic (exact) mass is 308 g/mol. The Labute approximate surface area is 128 Å².